The van der Waals surface area contributed by atoms with Crippen molar-refractivity contribution in [1.29, 1.82) is 0 Å². The summed E-state index contributed by atoms with van der Waals surface area (Å²) in [6, 6.07) is 6.21. The number of thiazole rings is 1. The molecular formula is C16H14N2O4S. The lowest BCUT2D eigenvalue weighted by atomic mass is 10.1. The number of hydrogen-bond donors (Lipinski definition) is 1. The molecule has 3 aromatic rings. The van der Waals surface area contributed by atoms with Gasteiger partial charge in [0.2, 0.25) is 0 Å². The summed E-state index contributed by atoms with van der Waals surface area (Å²) in [5.41, 5.74) is -0.0392. The highest BCUT2D eigenvalue weighted by Gasteiger charge is 2.15. The van der Waals surface area contributed by atoms with E-state index in [1.54, 1.807) is 24.4 Å². The molecule has 7 heteroatoms. The molecule has 0 fully saturated rings. The number of hydrogen-bond acceptors (Lipinski definition) is 6. The Labute approximate surface area is 135 Å². The molecule has 0 aliphatic rings. The van der Waals surface area contributed by atoms with E-state index >= 15 is 0 Å². The highest BCUT2D eigenvalue weighted by molar-refractivity contribution is 7.15. The summed E-state index contributed by atoms with van der Waals surface area (Å²) in [4.78, 5) is 29.3. The van der Waals surface area contributed by atoms with Crippen LogP contribution in [-0.4, -0.2) is 17.5 Å². The number of aryl methyl sites for hydroxylation is 1. The number of ether oxygens (including phenoxy) is 1. The van der Waals surface area contributed by atoms with Crippen molar-refractivity contribution in [1.82, 2.24) is 4.98 Å². The molecule has 0 bridgehead atoms. The number of carbonyl (C=O) groups excluding carboxylic acids is 1. The number of nitrogens with one attached hydrogen (secondary N) is 1. The number of fused-ring (bicyclic) bond motifs is 1. The molecule has 1 amide bonds. The number of aromatic nitrogens is 1. The van der Waals surface area contributed by atoms with Crippen molar-refractivity contribution in [3.8, 4) is 5.75 Å². The first kappa shape index (κ1) is 15.2. The van der Waals surface area contributed by atoms with Gasteiger partial charge in [0.05, 0.1) is 12.2 Å². The molecular weight excluding hydrogens is 316 g/mol. The third-order valence-electron chi connectivity index (χ3n) is 3.11. The lowest BCUT2D eigenvalue weighted by Gasteiger charge is -2.07. The maximum Gasteiger partial charge on any atom is 0.337 e. The summed E-state index contributed by atoms with van der Waals surface area (Å²) in [6.45, 7) is 4.26. The van der Waals surface area contributed by atoms with E-state index < -0.39 is 11.5 Å². The molecule has 0 aliphatic carbocycles. The van der Waals surface area contributed by atoms with Crippen LogP contribution in [0.1, 0.15) is 22.2 Å². The third kappa shape index (κ3) is 3.24. The Kier molecular flexibility index (Phi) is 4.12. The Morgan fingerprint density at radius 3 is 2.91 bits per heavy atom. The predicted molar refractivity (Wildman–Crippen MR) is 88.5 cm³/mol. The van der Waals surface area contributed by atoms with Gasteiger partial charge in [0, 0.05) is 28.6 Å². The third-order valence-corrected chi connectivity index (χ3v) is 3.94. The maximum atomic E-state index is 12.4. The van der Waals surface area contributed by atoms with Crippen molar-refractivity contribution >= 4 is 33.3 Å². The molecule has 0 spiro atoms. The van der Waals surface area contributed by atoms with E-state index in [2.05, 4.69) is 10.3 Å². The van der Waals surface area contributed by atoms with E-state index in [-0.39, 0.29) is 5.56 Å². The van der Waals surface area contributed by atoms with Gasteiger partial charge in [-0.05, 0) is 26.0 Å². The lowest BCUT2D eigenvalue weighted by Crippen LogP contribution is -2.15. The van der Waals surface area contributed by atoms with Gasteiger partial charge in [-0.2, -0.15) is 0 Å². The molecule has 118 valence electrons. The van der Waals surface area contributed by atoms with Gasteiger partial charge in [-0.15, -0.1) is 11.3 Å². The molecule has 2 heterocycles. The van der Waals surface area contributed by atoms with Crippen LogP contribution in [-0.2, 0) is 0 Å². The summed E-state index contributed by atoms with van der Waals surface area (Å²) in [6.07, 6.45) is 1.67. The summed E-state index contributed by atoms with van der Waals surface area (Å²) < 4.78 is 10.5. The fourth-order valence-electron chi connectivity index (χ4n) is 2.16. The zero-order valence-electron chi connectivity index (χ0n) is 12.6. The van der Waals surface area contributed by atoms with E-state index in [1.165, 1.54) is 17.4 Å². The van der Waals surface area contributed by atoms with Crippen molar-refractivity contribution in [3.63, 3.8) is 0 Å². The largest absolute Gasteiger partial charge is 0.494 e. The predicted octanol–water partition coefficient (Wildman–Crippen LogP) is 3.21. The van der Waals surface area contributed by atoms with Crippen LogP contribution in [0.25, 0.3) is 11.0 Å². The summed E-state index contributed by atoms with van der Waals surface area (Å²) in [7, 11) is 0. The van der Waals surface area contributed by atoms with Crippen LogP contribution in [0.2, 0.25) is 0 Å². The van der Waals surface area contributed by atoms with Gasteiger partial charge < -0.3 is 9.15 Å². The van der Waals surface area contributed by atoms with Crippen LogP contribution in [0, 0.1) is 6.92 Å². The van der Waals surface area contributed by atoms with E-state index in [0.29, 0.717) is 28.5 Å². The van der Waals surface area contributed by atoms with E-state index in [0.717, 1.165) is 4.88 Å². The van der Waals surface area contributed by atoms with Crippen molar-refractivity contribution in [2.45, 2.75) is 13.8 Å². The highest BCUT2D eigenvalue weighted by Crippen LogP contribution is 2.24. The van der Waals surface area contributed by atoms with Gasteiger partial charge in [-0.3, -0.25) is 10.1 Å². The molecule has 0 saturated carbocycles. The zero-order chi connectivity index (χ0) is 16.4. The number of anilines is 1. The molecule has 1 aromatic carbocycles. The Bertz CT molecular complexity index is 929. The van der Waals surface area contributed by atoms with Gasteiger partial charge >= 0.3 is 5.63 Å². The molecule has 3 rings (SSSR count). The maximum absolute atomic E-state index is 12.4. The highest BCUT2D eigenvalue weighted by atomic mass is 32.1. The molecule has 6 nitrogen and oxygen atoms in total. The topological polar surface area (TPSA) is 81.4 Å². The molecule has 0 atom stereocenters. The van der Waals surface area contributed by atoms with Crippen LogP contribution in [0.3, 0.4) is 0 Å². The summed E-state index contributed by atoms with van der Waals surface area (Å²) >= 11 is 1.36. The number of carbonyl (C=O) groups is 1. The standard InChI is InChI=1S/C16H14N2O4S/c1-3-21-10-4-5-11-12(7-14(19)22-13(11)6-10)15(20)18-16-17-8-9(2)23-16/h4-8H,3H2,1-2H3,(H,17,18,20). The van der Waals surface area contributed by atoms with Crippen molar-refractivity contribution in [3.05, 3.63) is 51.3 Å². The number of nitrogens with zero attached hydrogens (tertiary/aromatic N) is 1. The molecule has 2 aromatic heterocycles. The molecule has 0 unspecified atom stereocenters. The first-order valence-corrected chi connectivity index (χ1v) is 7.83. The fraction of sp³-hybridized carbons (Fsp3) is 0.188. The quantitative estimate of drug-likeness (QED) is 0.743. The van der Waals surface area contributed by atoms with Crippen LogP contribution >= 0.6 is 11.3 Å². The molecule has 0 radical (unpaired) electrons. The summed E-state index contributed by atoms with van der Waals surface area (Å²) in [5, 5.41) is 3.72. The second-order valence-electron chi connectivity index (χ2n) is 4.80. The Morgan fingerprint density at radius 1 is 1.39 bits per heavy atom. The monoisotopic (exact) mass is 330 g/mol. The lowest BCUT2D eigenvalue weighted by molar-refractivity contribution is 0.102. The average Bonchev–Trinajstić information content (AvgIpc) is 2.91. The molecule has 0 aliphatic heterocycles. The fourth-order valence-corrected chi connectivity index (χ4v) is 2.82. The first-order valence-electron chi connectivity index (χ1n) is 7.01. The minimum absolute atomic E-state index is 0.243. The van der Waals surface area contributed by atoms with Crippen molar-refractivity contribution in [2.75, 3.05) is 11.9 Å². The van der Waals surface area contributed by atoms with Gasteiger partial charge in [0.25, 0.3) is 5.91 Å². The molecule has 0 saturated heterocycles. The molecule has 1 N–H and O–H groups in total. The van der Waals surface area contributed by atoms with Gasteiger partial charge in [-0.25, -0.2) is 9.78 Å². The minimum Gasteiger partial charge on any atom is -0.494 e. The Morgan fingerprint density at radius 2 is 2.22 bits per heavy atom. The second-order valence-corrected chi connectivity index (χ2v) is 6.04. The number of amides is 1. The summed E-state index contributed by atoms with van der Waals surface area (Å²) in [5.74, 6) is 0.178. The van der Waals surface area contributed by atoms with Crippen LogP contribution in [0.4, 0.5) is 5.13 Å². The normalized spacial score (nSPS) is 10.7. The van der Waals surface area contributed by atoms with Crippen LogP contribution < -0.4 is 15.7 Å². The molecule has 23 heavy (non-hydrogen) atoms. The number of benzene rings is 1. The first-order chi connectivity index (χ1) is 11.1. The Balaban J connectivity index is 2.02. The Hall–Kier alpha value is -2.67. The smallest absolute Gasteiger partial charge is 0.337 e. The van der Waals surface area contributed by atoms with Crippen LogP contribution in [0.15, 0.2) is 39.7 Å². The number of rotatable bonds is 4. The minimum atomic E-state index is -0.591. The van der Waals surface area contributed by atoms with E-state index in [1.807, 2.05) is 13.8 Å². The average molecular weight is 330 g/mol. The van der Waals surface area contributed by atoms with Gasteiger partial charge in [0.15, 0.2) is 5.13 Å². The van der Waals surface area contributed by atoms with Crippen molar-refractivity contribution < 1.29 is 13.9 Å². The SMILES string of the molecule is CCOc1ccc2c(C(=O)Nc3ncc(C)s3)cc(=O)oc2c1. The van der Waals surface area contributed by atoms with Crippen molar-refractivity contribution in [2.24, 2.45) is 0 Å². The van der Waals surface area contributed by atoms with Gasteiger partial charge in [0.1, 0.15) is 11.3 Å². The second kappa shape index (κ2) is 6.21. The zero-order valence-corrected chi connectivity index (χ0v) is 13.4. The van der Waals surface area contributed by atoms with Crippen LogP contribution in [0.5, 0.6) is 5.75 Å². The van der Waals surface area contributed by atoms with Gasteiger partial charge in [-0.1, -0.05) is 0 Å². The van der Waals surface area contributed by atoms with E-state index in [4.69, 9.17) is 9.15 Å². The van der Waals surface area contributed by atoms with E-state index in [9.17, 15) is 9.59 Å².